The number of piperidine rings is 2. The number of aryl methyl sites for hydroxylation is 1. The van der Waals surface area contributed by atoms with Crippen LogP contribution in [0.3, 0.4) is 0 Å². The Bertz CT molecular complexity index is 1550. The van der Waals surface area contributed by atoms with Crippen molar-refractivity contribution < 1.29 is 23.8 Å². The second kappa shape index (κ2) is 12.6. The van der Waals surface area contributed by atoms with E-state index in [1.54, 1.807) is 4.90 Å². The maximum Gasteiger partial charge on any atom is 0.410 e. The number of halogens is 1. The lowest BCUT2D eigenvalue weighted by Gasteiger charge is -2.40. The fourth-order valence-corrected chi connectivity index (χ4v) is 7.49. The second-order valence-electron chi connectivity index (χ2n) is 12.5. The molecule has 2 N–H and O–H groups in total. The fourth-order valence-electron chi connectivity index (χ4n) is 5.98. The molecule has 1 aromatic carbocycles. The number of ether oxygens (including phenoxy) is 3. The third-order valence-corrected chi connectivity index (χ3v) is 10.2. The molecule has 236 valence electrons. The molecule has 0 saturated carbocycles. The normalized spacial score (nSPS) is 19.0. The number of nitrogens with two attached hydrogens (primary N) is 1. The Labute approximate surface area is 269 Å². The maximum absolute atomic E-state index is 13.6. The minimum absolute atomic E-state index is 0.0368. The molecule has 2 aromatic heterocycles. The molecule has 44 heavy (non-hydrogen) atoms. The van der Waals surface area contributed by atoms with E-state index in [-0.39, 0.29) is 12.7 Å². The molecular weight excluding hydrogens is 650 g/mol. The van der Waals surface area contributed by atoms with Crippen LogP contribution >= 0.6 is 27.7 Å². The molecular formula is C30H38BrN7O5S. The average molecular weight is 689 g/mol. The number of anilines is 1. The Morgan fingerprint density at radius 3 is 2.59 bits per heavy atom. The molecule has 2 amide bonds. The van der Waals surface area contributed by atoms with Crippen molar-refractivity contribution in [3.63, 3.8) is 0 Å². The number of hydrogen-bond acceptors (Lipinski definition) is 10. The zero-order chi connectivity index (χ0) is 31.0. The van der Waals surface area contributed by atoms with Gasteiger partial charge in [-0.05, 0) is 93.3 Å². The third-order valence-electron chi connectivity index (χ3n) is 8.26. The van der Waals surface area contributed by atoms with Gasteiger partial charge in [0.05, 0.1) is 0 Å². The quantitative estimate of drug-likeness (QED) is 0.355. The van der Waals surface area contributed by atoms with Crippen molar-refractivity contribution in [3.05, 3.63) is 22.9 Å². The summed E-state index contributed by atoms with van der Waals surface area (Å²) in [5.41, 5.74) is 6.86. The summed E-state index contributed by atoms with van der Waals surface area (Å²) in [7, 11) is 0. The summed E-state index contributed by atoms with van der Waals surface area (Å²) in [5, 5.41) is 0.763. The summed E-state index contributed by atoms with van der Waals surface area (Å²) in [6.07, 6.45) is 6.26. The monoisotopic (exact) mass is 687 g/mol. The number of nitrogens with zero attached hydrogens (tertiary/aromatic N) is 6. The van der Waals surface area contributed by atoms with Crippen LogP contribution in [0.15, 0.2) is 33.0 Å². The van der Waals surface area contributed by atoms with E-state index >= 15 is 0 Å². The van der Waals surface area contributed by atoms with E-state index in [4.69, 9.17) is 24.9 Å². The van der Waals surface area contributed by atoms with Gasteiger partial charge in [-0.1, -0.05) is 11.8 Å². The SMILES string of the molecule is CC(C)(C)OC(=O)N1CCCC[C@H]1C(=O)N1CCC(CCn2c(Sc3cc4c(cc3Br)OCO4)nc3c(N)ncnc32)CC1. The number of hydrogen-bond donors (Lipinski definition) is 1. The topological polar surface area (TPSA) is 138 Å². The van der Waals surface area contributed by atoms with Gasteiger partial charge in [-0.3, -0.25) is 9.69 Å². The highest BCUT2D eigenvalue weighted by atomic mass is 79.9. The van der Waals surface area contributed by atoms with Gasteiger partial charge in [0.1, 0.15) is 18.0 Å². The highest BCUT2D eigenvalue weighted by Gasteiger charge is 2.38. The first-order chi connectivity index (χ1) is 21.1. The van der Waals surface area contributed by atoms with Crippen LogP contribution in [0, 0.1) is 5.92 Å². The number of fused-ring (bicyclic) bond motifs is 2. The number of amides is 2. The number of likely N-dealkylation sites (tertiary alicyclic amines) is 2. The number of rotatable bonds is 6. The summed E-state index contributed by atoms with van der Waals surface area (Å²) in [6.45, 7) is 8.35. The molecule has 0 bridgehead atoms. The van der Waals surface area contributed by atoms with Gasteiger partial charge < -0.3 is 29.4 Å². The molecule has 0 spiro atoms. The van der Waals surface area contributed by atoms with Crippen LogP contribution in [0.2, 0.25) is 0 Å². The highest BCUT2D eigenvalue weighted by molar-refractivity contribution is 9.10. The van der Waals surface area contributed by atoms with Crippen LogP contribution in [0.4, 0.5) is 10.6 Å². The van der Waals surface area contributed by atoms with Gasteiger partial charge in [0, 0.05) is 35.5 Å². The number of nitrogen functional groups attached to an aromatic ring is 1. The third kappa shape index (κ3) is 6.56. The molecule has 1 atom stereocenters. The smallest absolute Gasteiger partial charge is 0.410 e. The van der Waals surface area contributed by atoms with Crippen LogP contribution in [0.5, 0.6) is 11.5 Å². The number of carbonyl (C=O) groups is 2. The van der Waals surface area contributed by atoms with Crippen LogP contribution < -0.4 is 15.2 Å². The molecule has 14 heteroatoms. The van der Waals surface area contributed by atoms with Crippen LogP contribution in [0.1, 0.15) is 59.3 Å². The van der Waals surface area contributed by atoms with Crippen molar-refractivity contribution >= 4 is 56.7 Å². The Kier molecular flexibility index (Phi) is 8.82. The maximum atomic E-state index is 13.6. The van der Waals surface area contributed by atoms with Crippen LogP contribution in [0.25, 0.3) is 11.2 Å². The van der Waals surface area contributed by atoms with Crippen molar-refractivity contribution in [2.24, 2.45) is 5.92 Å². The van der Waals surface area contributed by atoms with Crippen molar-refractivity contribution in [2.45, 2.75) is 87.5 Å². The standard InChI is InChI=1S/C30H38BrN7O5S/c1-30(2,3)43-29(40)37-10-5-4-6-20(37)27(39)36-11-7-18(8-12-36)9-13-38-26-24(25(32)33-16-34-26)35-28(38)44-23-15-22-21(14-19(23)31)41-17-42-22/h14-16,18,20H,4-13,17H2,1-3H3,(H2,32,33,34)/t20-/m0/s1. The van der Waals surface area contributed by atoms with Crippen LogP contribution in [-0.2, 0) is 16.1 Å². The fraction of sp³-hybridized carbons (Fsp3) is 0.567. The first-order valence-corrected chi connectivity index (χ1v) is 16.7. The van der Waals surface area contributed by atoms with Gasteiger partial charge in [0.2, 0.25) is 12.7 Å². The summed E-state index contributed by atoms with van der Waals surface area (Å²) >= 11 is 5.16. The Morgan fingerprint density at radius 2 is 1.84 bits per heavy atom. The Hall–Kier alpha value is -3.26. The van der Waals surface area contributed by atoms with Gasteiger partial charge in [-0.2, -0.15) is 0 Å². The van der Waals surface area contributed by atoms with E-state index in [9.17, 15) is 9.59 Å². The molecule has 0 aliphatic carbocycles. The van der Waals surface area contributed by atoms with Gasteiger partial charge in [0.25, 0.3) is 0 Å². The molecule has 0 radical (unpaired) electrons. The largest absolute Gasteiger partial charge is 0.454 e. The van der Waals surface area contributed by atoms with E-state index in [0.717, 1.165) is 46.6 Å². The van der Waals surface area contributed by atoms with Gasteiger partial charge in [-0.25, -0.2) is 19.7 Å². The van der Waals surface area contributed by atoms with E-state index in [2.05, 4.69) is 30.5 Å². The Morgan fingerprint density at radius 1 is 1.09 bits per heavy atom. The van der Waals surface area contributed by atoms with Gasteiger partial charge in [-0.15, -0.1) is 0 Å². The van der Waals surface area contributed by atoms with E-state index in [1.165, 1.54) is 18.1 Å². The first kappa shape index (κ1) is 30.8. The zero-order valence-electron chi connectivity index (χ0n) is 25.3. The number of imidazole rings is 1. The van der Waals surface area contributed by atoms with E-state index in [0.29, 0.717) is 67.0 Å². The number of carbonyl (C=O) groups excluding carboxylic acids is 2. The molecule has 2 fully saturated rings. The van der Waals surface area contributed by atoms with Crippen molar-refractivity contribution in [2.75, 3.05) is 32.2 Å². The van der Waals surface area contributed by atoms with Crippen LogP contribution in [-0.4, -0.2) is 79.4 Å². The molecule has 6 rings (SSSR count). The van der Waals surface area contributed by atoms with Crippen molar-refractivity contribution in [1.82, 2.24) is 29.3 Å². The van der Waals surface area contributed by atoms with Crippen molar-refractivity contribution in [1.29, 1.82) is 0 Å². The number of benzene rings is 1. The van der Waals surface area contributed by atoms with Crippen molar-refractivity contribution in [3.8, 4) is 11.5 Å². The molecule has 2 saturated heterocycles. The van der Waals surface area contributed by atoms with Gasteiger partial charge in [0.15, 0.2) is 33.6 Å². The average Bonchev–Trinajstić information content (AvgIpc) is 3.59. The zero-order valence-corrected chi connectivity index (χ0v) is 27.7. The summed E-state index contributed by atoms with van der Waals surface area (Å²) in [4.78, 5) is 44.5. The lowest BCUT2D eigenvalue weighted by atomic mass is 9.92. The summed E-state index contributed by atoms with van der Waals surface area (Å²) in [5.74, 6) is 2.21. The number of aromatic nitrogens is 4. The Balaban J connectivity index is 1.11. The minimum Gasteiger partial charge on any atom is -0.454 e. The summed E-state index contributed by atoms with van der Waals surface area (Å²) in [6, 6.07) is 3.40. The molecule has 3 aliphatic heterocycles. The molecule has 12 nitrogen and oxygen atoms in total. The van der Waals surface area contributed by atoms with E-state index < -0.39 is 17.7 Å². The summed E-state index contributed by atoms with van der Waals surface area (Å²) < 4.78 is 19.7. The predicted octanol–water partition coefficient (Wildman–Crippen LogP) is 5.47. The second-order valence-corrected chi connectivity index (χ2v) is 14.3. The lowest BCUT2D eigenvalue weighted by molar-refractivity contribution is -0.139. The molecule has 0 unspecified atom stereocenters. The molecule has 3 aliphatic rings. The predicted molar refractivity (Wildman–Crippen MR) is 169 cm³/mol. The molecule has 5 heterocycles. The van der Waals surface area contributed by atoms with E-state index in [1.807, 2.05) is 37.8 Å². The lowest BCUT2D eigenvalue weighted by Crippen LogP contribution is -2.55. The minimum atomic E-state index is -0.599. The molecule has 3 aromatic rings. The highest BCUT2D eigenvalue weighted by Crippen LogP contribution is 2.43. The first-order valence-electron chi connectivity index (χ1n) is 15.1. The van der Waals surface area contributed by atoms with Gasteiger partial charge >= 0.3 is 6.09 Å².